The van der Waals surface area contributed by atoms with Crippen molar-refractivity contribution in [3.8, 4) is 0 Å². The summed E-state index contributed by atoms with van der Waals surface area (Å²) < 4.78 is 0. The quantitative estimate of drug-likeness (QED) is 0.675. The molecule has 0 aliphatic rings. The third kappa shape index (κ3) is 1.64. The zero-order valence-electron chi connectivity index (χ0n) is 7.64. The largest absolute Gasteiger partial charge is 0.328 e. The molecule has 0 spiro atoms. The lowest BCUT2D eigenvalue weighted by atomic mass is 10.1. The second kappa shape index (κ2) is 3.39. The van der Waals surface area contributed by atoms with Gasteiger partial charge in [-0.15, -0.1) is 0 Å². The van der Waals surface area contributed by atoms with E-state index in [0.717, 1.165) is 16.7 Å². The lowest BCUT2D eigenvalue weighted by Crippen LogP contribution is -2.10. The van der Waals surface area contributed by atoms with Crippen LogP contribution in [0.5, 0.6) is 0 Å². The van der Waals surface area contributed by atoms with Crippen molar-refractivity contribution < 1.29 is 0 Å². The van der Waals surface area contributed by atoms with Gasteiger partial charge in [-0.25, -0.2) is 0 Å². The average Bonchev–Trinajstić information content (AvgIpc) is 2.08. The minimum atomic E-state index is -0.0174. The second-order valence-corrected chi connectivity index (χ2v) is 2.89. The van der Waals surface area contributed by atoms with Crippen molar-refractivity contribution in [2.75, 3.05) is 0 Å². The van der Waals surface area contributed by atoms with Crippen LogP contribution in [-0.2, 0) is 0 Å². The molecule has 0 aliphatic heterocycles. The van der Waals surface area contributed by atoms with E-state index in [-0.39, 0.29) is 5.56 Å². The number of aryl methyl sites for hydroxylation is 1. The van der Waals surface area contributed by atoms with Crippen LogP contribution in [0.1, 0.15) is 25.0 Å². The van der Waals surface area contributed by atoms with Crippen LogP contribution in [-0.4, -0.2) is 4.98 Å². The molecule has 0 saturated carbocycles. The van der Waals surface area contributed by atoms with Crippen molar-refractivity contribution in [2.24, 2.45) is 0 Å². The molecule has 0 radical (unpaired) electrons. The molecule has 1 N–H and O–H groups in total. The maximum Gasteiger partial charge on any atom is 0.255 e. The van der Waals surface area contributed by atoms with Gasteiger partial charge >= 0.3 is 0 Å². The number of nitrogens with one attached hydrogen (secondary N) is 1. The molecule has 64 valence electrons. The van der Waals surface area contributed by atoms with Crippen LogP contribution in [0, 0.1) is 6.92 Å². The van der Waals surface area contributed by atoms with Crippen molar-refractivity contribution in [2.45, 2.75) is 20.8 Å². The molecule has 0 fully saturated rings. The van der Waals surface area contributed by atoms with Crippen molar-refractivity contribution in [1.29, 1.82) is 0 Å². The third-order valence-corrected chi connectivity index (χ3v) is 1.91. The summed E-state index contributed by atoms with van der Waals surface area (Å²) in [5, 5.41) is 0. The van der Waals surface area contributed by atoms with E-state index in [1.54, 1.807) is 6.20 Å². The molecule has 0 atom stereocenters. The maximum absolute atomic E-state index is 11.3. The average molecular weight is 163 g/mol. The van der Waals surface area contributed by atoms with Gasteiger partial charge in [0.1, 0.15) is 0 Å². The zero-order valence-corrected chi connectivity index (χ0v) is 7.64. The molecule has 1 aromatic rings. The summed E-state index contributed by atoms with van der Waals surface area (Å²) in [4.78, 5) is 14.0. The standard InChI is InChI=1S/C10H13NO/c1-4-8(3)9-5-7(2)6-11-10(9)12/h4-6H,1-3H3,(H,11,12). The lowest BCUT2D eigenvalue weighted by molar-refractivity contribution is 1.18. The molecule has 0 aliphatic carbocycles. The maximum atomic E-state index is 11.3. The monoisotopic (exact) mass is 163 g/mol. The van der Waals surface area contributed by atoms with E-state index in [9.17, 15) is 4.79 Å². The van der Waals surface area contributed by atoms with Crippen LogP contribution >= 0.6 is 0 Å². The Hall–Kier alpha value is -1.31. The van der Waals surface area contributed by atoms with Crippen LogP contribution in [0.3, 0.4) is 0 Å². The third-order valence-electron chi connectivity index (χ3n) is 1.91. The van der Waals surface area contributed by atoms with Gasteiger partial charge in [-0.2, -0.15) is 0 Å². The Bertz CT molecular complexity index is 360. The predicted molar refractivity (Wildman–Crippen MR) is 51.1 cm³/mol. The van der Waals surface area contributed by atoms with E-state index in [1.807, 2.05) is 32.9 Å². The van der Waals surface area contributed by atoms with Crippen molar-refractivity contribution in [3.05, 3.63) is 39.8 Å². The minimum Gasteiger partial charge on any atom is -0.328 e. The van der Waals surface area contributed by atoms with Crippen LogP contribution in [0.4, 0.5) is 0 Å². The minimum absolute atomic E-state index is 0.0174. The fourth-order valence-electron chi connectivity index (χ4n) is 1.04. The number of pyridine rings is 1. The molecular formula is C10H13NO. The Labute approximate surface area is 71.9 Å². The van der Waals surface area contributed by atoms with E-state index in [4.69, 9.17) is 0 Å². The van der Waals surface area contributed by atoms with Gasteiger partial charge in [0.25, 0.3) is 5.56 Å². The highest BCUT2D eigenvalue weighted by molar-refractivity contribution is 5.62. The van der Waals surface area contributed by atoms with Gasteiger partial charge in [0.15, 0.2) is 0 Å². The van der Waals surface area contributed by atoms with E-state index < -0.39 is 0 Å². The normalized spacial score (nSPS) is 11.8. The number of hydrogen-bond donors (Lipinski definition) is 1. The van der Waals surface area contributed by atoms with Crippen molar-refractivity contribution >= 4 is 5.57 Å². The molecule has 1 heterocycles. The van der Waals surface area contributed by atoms with Gasteiger partial charge in [0, 0.05) is 11.8 Å². The van der Waals surface area contributed by atoms with E-state index in [1.165, 1.54) is 0 Å². The molecule has 0 unspecified atom stereocenters. The van der Waals surface area contributed by atoms with Crippen LogP contribution in [0.2, 0.25) is 0 Å². The highest BCUT2D eigenvalue weighted by Gasteiger charge is 1.99. The SMILES string of the molecule is CC=C(C)c1cc(C)c[nH]c1=O. The first kappa shape index (κ1) is 8.78. The first-order valence-electron chi connectivity index (χ1n) is 3.97. The summed E-state index contributed by atoms with van der Waals surface area (Å²) in [6.45, 7) is 5.82. The molecule has 0 bridgehead atoms. The molecule has 1 rings (SSSR count). The summed E-state index contributed by atoms with van der Waals surface area (Å²) in [5.41, 5.74) is 2.83. The molecule has 12 heavy (non-hydrogen) atoms. The van der Waals surface area contributed by atoms with Crippen molar-refractivity contribution in [1.82, 2.24) is 4.98 Å². The van der Waals surface area contributed by atoms with Gasteiger partial charge in [0.2, 0.25) is 0 Å². The number of aromatic amines is 1. The summed E-state index contributed by atoms with van der Waals surface area (Å²) in [6, 6.07) is 1.90. The molecule has 2 heteroatoms. The smallest absolute Gasteiger partial charge is 0.255 e. The summed E-state index contributed by atoms with van der Waals surface area (Å²) in [5.74, 6) is 0. The molecule has 2 nitrogen and oxygen atoms in total. The van der Waals surface area contributed by atoms with Gasteiger partial charge in [0.05, 0.1) is 0 Å². The van der Waals surface area contributed by atoms with Gasteiger partial charge in [-0.1, -0.05) is 6.08 Å². The highest BCUT2D eigenvalue weighted by atomic mass is 16.1. The summed E-state index contributed by atoms with van der Waals surface area (Å²) >= 11 is 0. The van der Waals surface area contributed by atoms with Gasteiger partial charge in [-0.3, -0.25) is 4.79 Å². The fourth-order valence-corrected chi connectivity index (χ4v) is 1.04. The van der Waals surface area contributed by atoms with Crippen LogP contribution in [0.25, 0.3) is 5.57 Å². The zero-order chi connectivity index (χ0) is 9.14. The Balaban J connectivity index is 3.33. The van der Waals surface area contributed by atoms with Crippen LogP contribution < -0.4 is 5.56 Å². The number of allylic oxidation sites excluding steroid dienone is 2. The van der Waals surface area contributed by atoms with Crippen LogP contribution in [0.15, 0.2) is 23.1 Å². The number of hydrogen-bond acceptors (Lipinski definition) is 1. The number of H-pyrrole nitrogens is 1. The Morgan fingerprint density at radius 3 is 2.83 bits per heavy atom. The molecule has 0 amide bonds. The summed E-state index contributed by atoms with van der Waals surface area (Å²) in [7, 11) is 0. The molecule has 0 aromatic carbocycles. The second-order valence-electron chi connectivity index (χ2n) is 2.89. The molecule has 1 aromatic heterocycles. The summed E-state index contributed by atoms with van der Waals surface area (Å²) in [6.07, 6.45) is 3.65. The Morgan fingerprint density at radius 1 is 1.58 bits per heavy atom. The Kier molecular flexibility index (Phi) is 2.48. The number of aromatic nitrogens is 1. The van der Waals surface area contributed by atoms with E-state index >= 15 is 0 Å². The highest BCUT2D eigenvalue weighted by Crippen LogP contribution is 2.08. The topological polar surface area (TPSA) is 32.9 Å². The molecular weight excluding hydrogens is 150 g/mol. The first-order valence-corrected chi connectivity index (χ1v) is 3.97. The lowest BCUT2D eigenvalue weighted by Gasteiger charge is -1.99. The predicted octanol–water partition coefficient (Wildman–Crippen LogP) is 2.11. The molecule has 0 saturated heterocycles. The van der Waals surface area contributed by atoms with E-state index in [0.29, 0.717) is 0 Å². The van der Waals surface area contributed by atoms with Gasteiger partial charge < -0.3 is 4.98 Å². The number of rotatable bonds is 1. The van der Waals surface area contributed by atoms with E-state index in [2.05, 4.69) is 4.98 Å². The van der Waals surface area contributed by atoms with Gasteiger partial charge in [-0.05, 0) is 38.0 Å². The van der Waals surface area contributed by atoms with Crippen molar-refractivity contribution in [3.63, 3.8) is 0 Å². The fraction of sp³-hybridized carbons (Fsp3) is 0.300. The Morgan fingerprint density at radius 2 is 2.25 bits per heavy atom. The first-order chi connectivity index (χ1) is 5.65.